The van der Waals surface area contributed by atoms with E-state index in [1.165, 1.54) is 19.9 Å². The van der Waals surface area contributed by atoms with Crippen LogP contribution in [-0.4, -0.2) is 89.8 Å². The molecule has 2 N–H and O–H groups in total. The van der Waals surface area contributed by atoms with Crippen LogP contribution in [-0.2, 0) is 57.2 Å². The van der Waals surface area contributed by atoms with Crippen LogP contribution < -0.4 is 0 Å². The second kappa shape index (κ2) is 16.0. The molecule has 46 heavy (non-hydrogen) atoms. The van der Waals surface area contributed by atoms with Gasteiger partial charge in [0.1, 0.15) is 24.9 Å². The number of rotatable bonds is 8. The Labute approximate surface area is 267 Å². The van der Waals surface area contributed by atoms with Crippen LogP contribution in [0.25, 0.3) is 0 Å². The van der Waals surface area contributed by atoms with Crippen molar-refractivity contribution in [3.63, 3.8) is 0 Å². The number of aliphatic hydroxyl groups excluding tert-OH is 2. The first kappa shape index (κ1) is 38.1. The number of hydrogen-bond donors (Lipinski definition) is 2. The highest BCUT2D eigenvalue weighted by molar-refractivity contribution is 5.71. The number of carbonyl (C=O) groups is 6. The van der Waals surface area contributed by atoms with Crippen molar-refractivity contribution >= 4 is 35.8 Å². The maximum absolute atomic E-state index is 12.6. The first-order valence-electron chi connectivity index (χ1n) is 14.7. The van der Waals surface area contributed by atoms with Crippen molar-refractivity contribution in [2.75, 3.05) is 13.2 Å². The fourth-order valence-electron chi connectivity index (χ4n) is 6.04. The van der Waals surface area contributed by atoms with Crippen molar-refractivity contribution in [3.8, 4) is 0 Å². The van der Waals surface area contributed by atoms with E-state index in [1.54, 1.807) is 13.8 Å². The molecule has 0 aromatic heterocycles. The fourth-order valence-corrected chi connectivity index (χ4v) is 6.04. The minimum absolute atomic E-state index is 0.00812. The van der Waals surface area contributed by atoms with Crippen molar-refractivity contribution in [1.82, 2.24) is 0 Å². The van der Waals surface area contributed by atoms with Gasteiger partial charge < -0.3 is 38.6 Å². The molecule has 2 aliphatic rings. The lowest BCUT2D eigenvalue weighted by Crippen LogP contribution is -2.52. The highest BCUT2D eigenvalue weighted by atomic mass is 16.6. The van der Waals surface area contributed by atoms with Crippen LogP contribution in [0.2, 0.25) is 0 Å². The zero-order valence-electron chi connectivity index (χ0n) is 27.7. The zero-order valence-corrected chi connectivity index (χ0v) is 27.7. The molecule has 0 aromatic rings. The van der Waals surface area contributed by atoms with Gasteiger partial charge in [-0.25, -0.2) is 0 Å². The van der Waals surface area contributed by atoms with Crippen LogP contribution in [0.4, 0.5) is 0 Å². The summed E-state index contributed by atoms with van der Waals surface area (Å²) in [6.45, 7) is 10.4. The predicted octanol–water partition coefficient (Wildman–Crippen LogP) is 2.14. The van der Waals surface area contributed by atoms with Crippen LogP contribution in [0, 0.1) is 11.3 Å². The Kier molecular flexibility index (Phi) is 13.3. The van der Waals surface area contributed by atoms with E-state index in [4.69, 9.17) is 28.4 Å². The van der Waals surface area contributed by atoms with Gasteiger partial charge in [-0.15, -0.1) is 0 Å². The highest BCUT2D eigenvalue weighted by Gasteiger charge is 2.53. The molecule has 2 bridgehead atoms. The van der Waals surface area contributed by atoms with Gasteiger partial charge in [-0.05, 0) is 43.1 Å². The van der Waals surface area contributed by atoms with E-state index >= 15 is 0 Å². The van der Waals surface area contributed by atoms with E-state index < -0.39 is 90.9 Å². The maximum atomic E-state index is 12.6. The Morgan fingerprint density at radius 1 is 0.761 bits per heavy atom. The molecule has 7 atom stereocenters. The van der Waals surface area contributed by atoms with Gasteiger partial charge in [-0.1, -0.05) is 6.92 Å². The number of hydrogen-bond acceptors (Lipinski definition) is 14. The Hall–Kier alpha value is -4.04. The normalized spacial score (nSPS) is 31.2. The Morgan fingerprint density at radius 2 is 1.28 bits per heavy atom. The van der Waals surface area contributed by atoms with Crippen LogP contribution in [0.1, 0.15) is 75.2 Å². The minimum atomic E-state index is -1.54. The largest absolute Gasteiger partial charge is 0.461 e. The standard InChI is InChI=1S/C32H44O14/c1-15-26(42-18(4)35)11-24-28(44-20(6)37)10-23(13-41-17(3)34)25(40)12-27(43-19(5)36)16(2)30(45-21(7)38)31(46-22(8)39)29(15)32(24,9)14-33/h10,24-28,31,33,40H,11-14H2,1-9H3/b23-10-,30-16+/t24-,25-,26-,27-,28-,31+,32+/m0/s1. The smallest absolute Gasteiger partial charge is 0.307 e. The third-order valence-corrected chi connectivity index (χ3v) is 8.05. The van der Waals surface area contributed by atoms with Gasteiger partial charge in [-0.3, -0.25) is 28.8 Å². The molecule has 0 unspecified atom stereocenters. The zero-order chi connectivity index (χ0) is 35.1. The van der Waals surface area contributed by atoms with E-state index in [-0.39, 0.29) is 35.3 Å². The summed E-state index contributed by atoms with van der Waals surface area (Å²) in [5.74, 6) is -5.68. The molecule has 0 radical (unpaired) electrons. The summed E-state index contributed by atoms with van der Waals surface area (Å²) in [6, 6.07) is 0. The van der Waals surface area contributed by atoms with E-state index in [1.807, 2.05) is 0 Å². The lowest BCUT2D eigenvalue weighted by Gasteiger charge is -2.49. The summed E-state index contributed by atoms with van der Waals surface area (Å²) in [7, 11) is 0. The van der Waals surface area contributed by atoms with E-state index in [2.05, 4.69) is 0 Å². The maximum Gasteiger partial charge on any atom is 0.307 e. The third kappa shape index (κ3) is 9.49. The average Bonchev–Trinajstić information content (AvgIpc) is 2.92. The molecule has 14 nitrogen and oxygen atoms in total. The average molecular weight is 653 g/mol. The van der Waals surface area contributed by atoms with Crippen molar-refractivity contribution in [1.29, 1.82) is 0 Å². The molecule has 256 valence electrons. The molecule has 14 heteroatoms. The van der Waals surface area contributed by atoms with E-state index in [9.17, 15) is 39.0 Å². The second-order valence-electron chi connectivity index (χ2n) is 11.7. The van der Waals surface area contributed by atoms with Crippen LogP contribution in [0.3, 0.4) is 0 Å². The quantitative estimate of drug-likeness (QED) is 0.220. The number of esters is 6. The van der Waals surface area contributed by atoms with Crippen molar-refractivity contribution in [2.24, 2.45) is 11.3 Å². The number of ether oxygens (including phenoxy) is 6. The number of fused-ring (bicyclic) bond motifs is 2. The van der Waals surface area contributed by atoms with Gasteiger partial charge in [0.25, 0.3) is 0 Å². The van der Waals surface area contributed by atoms with E-state index in [0.717, 1.165) is 34.6 Å². The van der Waals surface area contributed by atoms with Crippen LogP contribution in [0.15, 0.2) is 34.1 Å². The summed E-state index contributed by atoms with van der Waals surface area (Å²) in [6.07, 6.45) is -5.56. The molecule has 2 rings (SSSR count). The molecule has 0 aliphatic heterocycles. The van der Waals surface area contributed by atoms with E-state index in [0.29, 0.717) is 5.57 Å². The van der Waals surface area contributed by atoms with Gasteiger partial charge >= 0.3 is 35.8 Å². The SMILES string of the molecule is CC(=O)OC/C1=C/[C@H](OC(C)=O)[C@@H]2C[C@H](OC(C)=O)C(C)=C([C@@H](OC(C)=O)/C(OC(C)=O)=C(/C)[C@@H](OC(C)=O)C[C@@H]1O)[C@]2(C)CO. The Bertz CT molecular complexity index is 1320. The van der Waals surface area contributed by atoms with Crippen molar-refractivity contribution in [3.05, 3.63) is 34.1 Å². The molecule has 0 saturated carbocycles. The van der Waals surface area contributed by atoms with Crippen LogP contribution in [0.5, 0.6) is 0 Å². The summed E-state index contributed by atoms with van der Waals surface area (Å²) in [5, 5.41) is 22.6. The van der Waals surface area contributed by atoms with Crippen molar-refractivity contribution in [2.45, 2.75) is 106 Å². The molecule has 0 aromatic carbocycles. The van der Waals surface area contributed by atoms with Gasteiger partial charge in [0.2, 0.25) is 0 Å². The van der Waals surface area contributed by atoms with Gasteiger partial charge in [-0.2, -0.15) is 0 Å². The molecule has 0 heterocycles. The lowest BCUT2D eigenvalue weighted by molar-refractivity contribution is -0.157. The molecular formula is C32H44O14. The van der Waals surface area contributed by atoms with Gasteiger partial charge in [0.05, 0.1) is 12.7 Å². The van der Waals surface area contributed by atoms with Gasteiger partial charge in [0.15, 0.2) is 11.9 Å². The molecule has 0 spiro atoms. The number of carbonyl (C=O) groups excluding carboxylic acids is 6. The fraction of sp³-hybridized carbons (Fsp3) is 0.625. The summed E-state index contributed by atoms with van der Waals surface area (Å²) < 4.78 is 33.6. The summed E-state index contributed by atoms with van der Waals surface area (Å²) in [4.78, 5) is 74.0. The monoisotopic (exact) mass is 652 g/mol. The van der Waals surface area contributed by atoms with Crippen LogP contribution >= 0.6 is 0 Å². The molecular weight excluding hydrogens is 608 g/mol. The Morgan fingerprint density at radius 3 is 1.74 bits per heavy atom. The summed E-state index contributed by atoms with van der Waals surface area (Å²) in [5.41, 5.74) is -0.769. The third-order valence-electron chi connectivity index (χ3n) is 8.05. The second-order valence-corrected chi connectivity index (χ2v) is 11.7. The minimum Gasteiger partial charge on any atom is -0.461 e. The topological polar surface area (TPSA) is 198 Å². The first-order valence-corrected chi connectivity index (χ1v) is 14.7. The first-order chi connectivity index (χ1) is 21.3. The molecule has 2 aliphatic carbocycles. The predicted molar refractivity (Wildman–Crippen MR) is 158 cm³/mol. The highest BCUT2D eigenvalue weighted by Crippen LogP contribution is 2.52. The van der Waals surface area contributed by atoms with Crippen molar-refractivity contribution < 1.29 is 67.4 Å². The molecule has 0 fully saturated rings. The van der Waals surface area contributed by atoms with Gasteiger partial charge in [0, 0.05) is 64.9 Å². The molecule has 0 amide bonds. The Balaban J connectivity index is 3.21. The molecule has 0 saturated heterocycles. The number of aliphatic hydroxyl groups is 2. The summed E-state index contributed by atoms with van der Waals surface area (Å²) >= 11 is 0. The lowest BCUT2D eigenvalue weighted by atomic mass is 9.60.